The number of imidazole rings is 1. The topological polar surface area (TPSA) is 41.4 Å². The minimum Gasteiger partial charge on any atom is -0.339 e. The Labute approximate surface area is 141 Å². The molecule has 1 aromatic heterocycles. The van der Waals surface area contributed by atoms with Crippen LogP contribution in [0.3, 0.4) is 0 Å². The molecule has 0 unspecified atom stereocenters. The molecule has 124 valence electrons. The number of carbonyl (C=O) groups excluding carboxylic acids is 1. The summed E-state index contributed by atoms with van der Waals surface area (Å²) in [5.74, 6) is 0.747. The lowest BCUT2D eigenvalue weighted by atomic mass is 10.1. The number of hydrogen-bond acceptors (Lipinski definition) is 3. The van der Waals surface area contributed by atoms with Gasteiger partial charge >= 0.3 is 0 Å². The van der Waals surface area contributed by atoms with E-state index in [0.717, 1.165) is 24.6 Å². The summed E-state index contributed by atoms with van der Waals surface area (Å²) in [5.41, 5.74) is 0.845. The van der Waals surface area contributed by atoms with Crippen molar-refractivity contribution < 1.29 is 9.18 Å². The van der Waals surface area contributed by atoms with Crippen LogP contribution in [0.4, 0.5) is 10.3 Å². The van der Waals surface area contributed by atoms with Crippen LogP contribution in [0.2, 0.25) is 0 Å². The smallest absolute Gasteiger partial charge is 0.227 e. The molecule has 0 aliphatic carbocycles. The molecule has 2 aromatic rings. The van der Waals surface area contributed by atoms with Gasteiger partial charge in [-0.15, -0.1) is 12.4 Å². The summed E-state index contributed by atoms with van der Waals surface area (Å²) in [7, 11) is 1.97. The average molecular weight is 339 g/mol. The Bertz CT molecular complexity index is 650. The minimum absolute atomic E-state index is 0. The van der Waals surface area contributed by atoms with E-state index in [1.54, 1.807) is 18.3 Å². The fourth-order valence-electron chi connectivity index (χ4n) is 2.71. The number of anilines is 1. The lowest BCUT2D eigenvalue weighted by Crippen LogP contribution is -2.49. The first-order valence-corrected chi connectivity index (χ1v) is 7.38. The summed E-state index contributed by atoms with van der Waals surface area (Å²) in [6.45, 7) is 2.93. The standard InChI is InChI=1S/C16H19FN4O.ClH/c1-19-7-6-18-16(19)21-10-8-20(9-11-21)15(22)12-13-2-4-14(17)5-3-13;/h2-7H,8-12H2,1H3;1H. The Kier molecular flexibility index (Phi) is 5.60. The van der Waals surface area contributed by atoms with E-state index in [9.17, 15) is 9.18 Å². The zero-order valence-electron chi connectivity index (χ0n) is 13.0. The van der Waals surface area contributed by atoms with Gasteiger partial charge in [-0.3, -0.25) is 4.79 Å². The van der Waals surface area contributed by atoms with Gasteiger partial charge in [-0.2, -0.15) is 0 Å². The summed E-state index contributed by atoms with van der Waals surface area (Å²) in [6, 6.07) is 6.11. The highest BCUT2D eigenvalue weighted by molar-refractivity contribution is 5.85. The predicted molar refractivity (Wildman–Crippen MR) is 89.4 cm³/mol. The van der Waals surface area contributed by atoms with Gasteiger partial charge in [-0.1, -0.05) is 12.1 Å². The molecule has 7 heteroatoms. The van der Waals surface area contributed by atoms with Crippen molar-refractivity contribution in [3.63, 3.8) is 0 Å². The van der Waals surface area contributed by atoms with Crippen molar-refractivity contribution in [1.29, 1.82) is 0 Å². The Morgan fingerprint density at radius 3 is 2.39 bits per heavy atom. The molecule has 1 aliphatic heterocycles. The van der Waals surface area contributed by atoms with E-state index in [4.69, 9.17) is 0 Å². The van der Waals surface area contributed by atoms with Crippen molar-refractivity contribution in [2.24, 2.45) is 7.05 Å². The third-order valence-electron chi connectivity index (χ3n) is 3.98. The molecule has 0 saturated carbocycles. The van der Waals surface area contributed by atoms with Gasteiger partial charge in [0, 0.05) is 45.6 Å². The predicted octanol–water partition coefficient (Wildman–Crippen LogP) is 1.87. The summed E-state index contributed by atoms with van der Waals surface area (Å²) >= 11 is 0. The first-order valence-electron chi connectivity index (χ1n) is 7.38. The van der Waals surface area contributed by atoms with E-state index in [-0.39, 0.29) is 24.1 Å². The molecule has 2 heterocycles. The lowest BCUT2D eigenvalue weighted by Gasteiger charge is -2.35. The molecule has 1 aromatic carbocycles. The van der Waals surface area contributed by atoms with E-state index in [2.05, 4.69) is 9.88 Å². The number of halogens is 2. The molecule has 1 aliphatic rings. The lowest BCUT2D eigenvalue weighted by molar-refractivity contribution is -0.130. The van der Waals surface area contributed by atoms with Gasteiger partial charge in [0.2, 0.25) is 11.9 Å². The molecule has 23 heavy (non-hydrogen) atoms. The van der Waals surface area contributed by atoms with E-state index in [0.29, 0.717) is 19.5 Å². The van der Waals surface area contributed by atoms with Gasteiger partial charge in [0.15, 0.2) is 0 Å². The third-order valence-corrected chi connectivity index (χ3v) is 3.98. The summed E-state index contributed by atoms with van der Waals surface area (Å²) in [6.07, 6.45) is 4.02. The zero-order chi connectivity index (χ0) is 15.5. The van der Waals surface area contributed by atoms with E-state index < -0.39 is 0 Å². The normalized spacial score (nSPS) is 14.5. The van der Waals surface area contributed by atoms with Crippen molar-refractivity contribution in [3.05, 3.63) is 48.0 Å². The maximum Gasteiger partial charge on any atom is 0.227 e. The largest absolute Gasteiger partial charge is 0.339 e. The van der Waals surface area contributed by atoms with Gasteiger partial charge < -0.3 is 14.4 Å². The number of carbonyl (C=O) groups is 1. The molecular weight excluding hydrogens is 319 g/mol. The van der Waals surface area contributed by atoms with Crippen LogP contribution >= 0.6 is 12.4 Å². The number of amides is 1. The maximum absolute atomic E-state index is 12.9. The second kappa shape index (κ2) is 7.46. The van der Waals surface area contributed by atoms with Crippen LogP contribution in [-0.2, 0) is 18.3 Å². The van der Waals surface area contributed by atoms with Crippen LogP contribution in [0, 0.1) is 5.82 Å². The molecule has 5 nitrogen and oxygen atoms in total. The number of aromatic nitrogens is 2. The van der Waals surface area contributed by atoms with Gasteiger partial charge in [-0.05, 0) is 17.7 Å². The monoisotopic (exact) mass is 338 g/mol. The van der Waals surface area contributed by atoms with Crippen molar-refractivity contribution >= 4 is 24.3 Å². The Morgan fingerprint density at radius 2 is 1.83 bits per heavy atom. The van der Waals surface area contributed by atoms with Crippen LogP contribution < -0.4 is 4.90 Å². The second-order valence-corrected chi connectivity index (χ2v) is 5.51. The van der Waals surface area contributed by atoms with Gasteiger partial charge in [-0.25, -0.2) is 9.37 Å². The average Bonchev–Trinajstić information content (AvgIpc) is 2.96. The van der Waals surface area contributed by atoms with Crippen molar-refractivity contribution in [2.45, 2.75) is 6.42 Å². The van der Waals surface area contributed by atoms with E-state index in [1.807, 2.05) is 22.7 Å². The van der Waals surface area contributed by atoms with Crippen LogP contribution in [0.5, 0.6) is 0 Å². The first-order chi connectivity index (χ1) is 10.6. The first kappa shape index (κ1) is 17.3. The van der Waals surface area contributed by atoms with Gasteiger partial charge in [0.05, 0.1) is 6.42 Å². The molecule has 0 radical (unpaired) electrons. The molecule has 1 amide bonds. The van der Waals surface area contributed by atoms with Crippen LogP contribution in [0.15, 0.2) is 36.7 Å². The molecular formula is C16H20ClFN4O. The number of hydrogen-bond donors (Lipinski definition) is 0. The number of piperazine rings is 1. The quantitative estimate of drug-likeness (QED) is 0.858. The molecule has 3 rings (SSSR count). The SMILES string of the molecule is Cl.Cn1ccnc1N1CCN(C(=O)Cc2ccc(F)cc2)CC1. The molecule has 0 N–H and O–H groups in total. The molecule has 1 saturated heterocycles. The van der Waals surface area contributed by atoms with E-state index >= 15 is 0 Å². The Hall–Kier alpha value is -2.08. The maximum atomic E-state index is 12.9. The summed E-state index contributed by atoms with van der Waals surface area (Å²) in [4.78, 5) is 20.7. The highest BCUT2D eigenvalue weighted by atomic mass is 35.5. The van der Waals surface area contributed by atoms with Crippen LogP contribution in [0.1, 0.15) is 5.56 Å². The van der Waals surface area contributed by atoms with E-state index in [1.165, 1.54) is 12.1 Å². The third kappa shape index (κ3) is 4.01. The second-order valence-electron chi connectivity index (χ2n) is 5.51. The van der Waals surface area contributed by atoms with Gasteiger partial charge in [0.25, 0.3) is 0 Å². The van der Waals surface area contributed by atoms with Crippen molar-refractivity contribution in [3.8, 4) is 0 Å². The Morgan fingerprint density at radius 1 is 1.17 bits per heavy atom. The number of nitrogens with zero attached hydrogens (tertiary/aromatic N) is 4. The summed E-state index contributed by atoms with van der Waals surface area (Å²) in [5, 5.41) is 0. The fraction of sp³-hybridized carbons (Fsp3) is 0.375. The minimum atomic E-state index is -0.278. The number of benzene rings is 1. The van der Waals surface area contributed by atoms with Crippen molar-refractivity contribution in [1.82, 2.24) is 14.5 Å². The molecule has 0 bridgehead atoms. The highest BCUT2D eigenvalue weighted by Gasteiger charge is 2.22. The Balaban J connectivity index is 0.00000192. The zero-order valence-corrected chi connectivity index (χ0v) is 13.8. The van der Waals surface area contributed by atoms with Crippen LogP contribution in [-0.4, -0.2) is 46.5 Å². The van der Waals surface area contributed by atoms with Crippen molar-refractivity contribution in [2.75, 3.05) is 31.1 Å². The fourth-order valence-corrected chi connectivity index (χ4v) is 2.71. The number of rotatable bonds is 3. The van der Waals surface area contributed by atoms with Crippen LogP contribution in [0.25, 0.3) is 0 Å². The summed E-state index contributed by atoms with van der Waals surface area (Å²) < 4.78 is 14.9. The number of aryl methyl sites for hydroxylation is 1. The molecule has 0 atom stereocenters. The van der Waals surface area contributed by atoms with Gasteiger partial charge in [0.1, 0.15) is 5.82 Å². The molecule has 0 spiro atoms. The highest BCUT2D eigenvalue weighted by Crippen LogP contribution is 2.14. The molecule has 1 fully saturated rings.